The summed E-state index contributed by atoms with van der Waals surface area (Å²) >= 11 is 5.95. The second-order valence-corrected chi connectivity index (χ2v) is 4.22. The summed E-state index contributed by atoms with van der Waals surface area (Å²) in [6, 6.07) is 6.67. The molecule has 4 nitrogen and oxygen atoms in total. The molecule has 5 heteroatoms. The van der Waals surface area contributed by atoms with Gasteiger partial charge in [-0.2, -0.15) is 5.26 Å². The lowest BCUT2D eigenvalue weighted by Crippen LogP contribution is -2.36. The fourth-order valence-electron chi connectivity index (χ4n) is 1.30. The van der Waals surface area contributed by atoms with E-state index in [2.05, 4.69) is 5.32 Å². The van der Waals surface area contributed by atoms with Gasteiger partial charge in [0.15, 0.2) is 6.10 Å². The third-order valence-electron chi connectivity index (χ3n) is 2.28. The molecular weight excluding hydrogens is 252 g/mol. The van der Waals surface area contributed by atoms with Crippen molar-refractivity contribution in [1.82, 2.24) is 5.32 Å². The average Bonchev–Trinajstić information content (AvgIpc) is 2.38. The normalized spacial score (nSPS) is 11.4. The van der Waals surface area contributed by atoms with Crippen LogP contribution in [0.2, 0.25) is 5.02 Å². The number of hydrogen-bond acceptors (Lipinski definition) is 3. The maximum atomic E-state index is 11.6. The average molecular weight is 267 g/mol. The van der Waals surface area contributed by atoms with Gasteiger partial charge in [0, 0.05) is 6.54 Å². The van der Waals surface area contributed by atoms with Gasteiger partial charge in [-0.3, -0.25) is 4.79 Å². The maximum Gasteiger partial charge on any atom is 0.260 e. The summed E-state index contributed by atoms with van der Waals surface area (Å²) in [7, 11) is 0. The summed E-state index contributed by atoms with van der Waals surface area (Å²) in [6.45, 7) is 4.25. The van der Waals surface area contributed by atoms with Crippen LogP contribution in [0, 0.1) is 11.3 Å². The van der Waals surface area contributed by atoms with Gasteiger partial charge >= 0.3 is 0 Å². The lowest BCUT2D eigenvalue weighted by Gasteiger charge is -2.15. The van der Waals surface area contributed by atoms with Crippen LogP contribution in [0.25, 0.3) is 0 Å². The number of rotatable bonds is 5. The van der Waals surface area contributed by atoms with Crippen molar-refractivity contribution in [2.24, 2.45) is 0 Å². The van der Waals surface area contributed by atoms with Crippen LogP contribution in [0.1, 0.15) is 25.8 Å². The number of carbonyl (C=O) groups excluding carboxylic acids is 1. The van der Waals surface area contributed by atoms with Crippen molar-refractivity contribution in [3.8, 4) is 11.8 Å². The monoisotopic (exact) mass is 266 g/mol. The van der Waals surface area contributed by atoms with E-state index in [0.29, 0.717) is 22.9 Å². The number of amides is 1. The number of ether oxygens (including phenoxy) is 1. The molecule has 1 atom stereocenters. The fraction of sp³-hybridized carbons (Fsp3) is 0.385. The van der Waals surface area contributed by atoms with E-state index in [1.54, 1.807) is 19.1 Å². The zero-order valence-electron chi connectivity index (χ0n) is 10.4. The van der Waals surface area contributed by atoms with Crippen molar-refractivity contribution in [2.75, 3.05) is 6.54 Å². The van der Waals surface area contributed by atoms with E-state index < -0.39 is 6.10 Å². The highest BCUT2D eigenvalue weighted by molar-refractivity contribution is 6.32. The molecule has 0 aliphatic carbocycles. The second-order valence-electron chi connectivity index (χ2n) is 3.81. The van der Waals surface area contributed by atoms with E-state index in [4.69, 9.17) is 21.6 Å². The topological polar surface area (TPSA) is 62.1 Å². The number of nitrogens with zero attached hydrogens (tertiary/aromatic N) is 1. The molecule has 0 fully saturated rings. The van der Waals surface area contributed by atoms with Crippen molar-refractivity contribution >= 4 is 17.5 Å². The molecule has 1 aromatic rings. The highest BCUT2D eigenvalue weighted by Gasteiger charge is 2.15. The van der Waals surface area contributed by atoms with Crippen LogP contribution in [0.5, 0.6) is 5.75 Å². The Morgan fingerprint density at radius 1 is 1.61 bits per heavy atom. The third-order valence-corrected chi connectivity index (χ3v) is 2.58. The minimum Gasteiger partial charge on any atom is -0.479 e. The molecule has 1 N–H and O–H groups in total. The van der Waals surface area contributed by atoms with Crippen LogP contribution in [0.15, 0.2) is 18.2 Å². The minimum absolute atomic E-state index is 0.183. The molecule has 0 unspecified atom stereocenters. The van der Waals surface area contributed by atoms with Gasteiger partial charge in [0.05, 0.1) is 16.7 Å². The molecule has 0 saturated heterocycles. The Balaban J connectivity index is 2.67. The fourth-order valence-corrected chi connectivity index (χ4v) is 1.53. The number of nitrogens with one attached hydrogen (secondary N) is 1. The summed E-state index contributed by atoms with van der Waals surface area (Å²) in [5.74, 6) is 0.215. The molecule has 1 rings (SSSR count). The van der Waals surface area contributed by atoms with Crippen LogP contribution in [-0.4, -0.2) is 18.6 Å². The first kappa shape index (κ1) is 14.3. The Kier molecular flexibility index (Phi) is 5.47. The Morgan fingerprint density at radius 3 is 2.89 bits per heavy atom. The van der Waals surface area contributed by atoms with Crippen molar-refractivity contribution in [3.05, 3.63) is 28.8 Å². The van der Waals surface area contributed by atoms with Crippen molar-refractivity contribution in [2.45, 2.75) is 26.4 Å². The van der Waals surface area contributed by atoms with Crippen LogP contribution in [0.3, 0.4) is 0 Å². The summed E-state index contributed by atoms with van der Waals surface area (Å²) in [4.78, 5) is 11.6. The molecule has 0 spiro atoms. The van der Waals surface area contributed by atoms with Gasteiger partial charge in [-0.25, -0.2) is 0 Å². The molecule has 96 valence electrons. The van der Waals surface area contributed by atoms with Gasteiger partial charge in [0.1, 0.15) is 5.75 Å². The Bertz CT molecular complexity index is 469. The zero-order valence-corrected chi connectivity index (χ0v) is 11.1. The van der Waals surface area contributed by atoms with Gasteiger partial charge in [0.2, 0.25) is 0 Å². The van der Waals surface area contributed by atoms with Crippen LogP contribution in [-0.2, 0) is 4.79 Å². The number of halogens is 1. The molecular formula is C13H15ClN2O2. The van der Waals surface area contributed by atoms with Gasteiger partial charge in [-0.15, -0.1) is 0 Å². The predicted molar refractivity (Wildman–Crippen MR) is 69.6 cm³/mol. The molecule has 0 radical (unpaired) electrons. The first-order valence-electron chi connectivity index (χ1n) is 5.72. The van der Waals surface area contributed by atoms with Crippen LogP contribution < -0.4 is 10.1 Å². The SMILES string of the molecule is CCCNC(=O)[C@@H](C)Oc1ccc(C#N)cc1Cl. The Morgan fingerprint density at radius 2 is 2.33 bits per heavy atom. The summed E-state index contributed by atoms with van der Waals surface area (Å²) in [5, 5.41) is 11.8. The number of nitriles is 1. The van der Waals surface area contributed by atoms with Gasteiger partial charge in [-0.1, -0.05) is 18.5 Å². The van der Waals surface area contributed by atoms with E-state index >= 15 is 0 Å². The molecule has 0 bridgehead atoms. The highest BCUT2D eigenvalue weighted by Crippen LogP contribution is 2.26. The van der Waals surface area contributed by atoms with Crippen LogP contribution >= 0.6 is 11.6 Å². The molecule has 0 aliphatic heterocycles. The molecule has 0 saturated carbocycles. The first-order valence-corrected chi connectivity index (χ1v) is 6.10. The van der Waals surface area contributed by atoms with E-state index in [1.807, 2.05) is 13.0 Å². The summed E-state index contributed by atoms with van der Waals surface area (Å²) < 4.78 is 5.45. The predicted octanol–water partition coefficient (Wildman–Crippen LogP) is 2.51. The van der Waals surface area contributed by atoms with E-state index in [9.17, 15) is 4.79 Å². The molecule has 0 aromatic heterocycles. The van der Waals surface area contributed by atoms with E-state index in [-0.39, 0.29) is 5.91 Å². The smallest absolute Gasteiger partial charge is 0.260 e. The number of carbonyl (C=O) groups is 1. The molecule has 0 aliphatic rings. The molecule has 1 amide bonds. The first-order chi connectivity index (χ1) is 8.58. The Labute approximate surface area is 112 Å². The van der Waals surface area contributed by atoms with Gasteiger partial charge in [-0.05, 0) is 31.5 Å². The van der Waals surface area contributed by atoms with Crippen LogP contribution in [0.4, 0.5) is 0 Å². The Hall–Kier alpha value is -1.73. The maximum absolute atomic E-state index is 11.6. The number of benzene rings is 1. The van der Waals surface area contributed by atoms with Crippen molar-refractivity contribution in [1.29, 1.82) is 5.26 Å². The van der Waals surface area contributed by atoms with E-state index in [1.165, 1.54) is 6.07 Å². The highest BCUT2D eigenvalue weighted by atomic mass is 35.5. The summed E-state index contributed by atoms with van der Waals surface area (Å²) in [6.07, 6.45) is 0.248. The third kappa shape index (κ3) is 3.94. The second kappa shape index (κ2) is 6.87. The largest absolute Gasteiger partial charge is 0.479 e. The van der Waals surface area contributed by atoms with Crippen molar-refractivity contribution < 1.29 is 9.53 Å². The summed E-state index contributed by atoms with van der Waals surface area (Å²) in [5.41, 5.74) is 0.454. The quantitative estimate of drug-likeness (QED) is 0.891. The molecule has 18 heavy (non-hydrogen) atoms. The lowest BCUT2D eigenvalue weighted by atomic mass is 10.2. The van der Waals surface area contributed by atoms with Gasteiger partial charge in [0.25, 0.3) is 5.91 Å². The lowest BCUT2D eigenvalue weighted by molar-refractivity contribution is -0.127. The van der Waals surface area contributed by atoms with Crippen molar-refractivity contribution in [3.63, 3.8) is 0 Å². The standard InChI is InChI=1S/C13H15ClN2O2/c1-3-6-16-13(17)9(2)18-12-5-4-10(8-15)7-11(12)14/h4-5,7,9H,3,6H2,1-2H3,(H,16,17)/t9-/m1/s1. The zero-order chi connectivity index (χ0) is 13.5. The van der Waals surface area contributed by atoms with Gasteiger partial charge < -0.3 is 10.1 Å². The molecule has 1 aromatic carbocycles. The minimum atomic E-state index is -0.623. The van der Waals surface area contributed by atoms with E-state index in [0.717, 1.165) is 6.42 Å². The molecule has 0 heterocycles. The number of hydrogen-bond donors (Lipinski definition) is 1.